The molecule has 0 aromatic rings. The molecule has 5 nitrogen and oxygen atoms in total. The van der Waals surface area contributed by atoms with Crippen molar-refractivity contribution >= 4 is 5.91 Å². The first-order chi connectivity index (χ1) is 4.29. The fourth-order valence-corrected chi connectivity index (χ4v) is 0.472. The van der Waals surface area contributed by atoms with Crippen molar-refractivity contribution in [1.29, 1.82) is 0 Å². The molecule has 50 valence electrons. The van der Waals surface area contributed by atoms with E-state index in [-0.39, 0.29) is 6.54 Å². The Balaban J connectivity index is 2.22. The third kappa shape index (κ3) is 1.61. The van der Waals surface area contributed by atoms with E-state index in [1.54, 1.807) is 6.20 Å². The molecule has 0 aromatic heterocycles. The maximum atomic E-state index is 10.2. The van der Waals surface area contributed by atoms with Gasteiger partial charge in [-0.2, -0.15) is 0 Å². The largest absolute Gasteiger partial charge is 0.392 e. The van der Waals surface area contributed by atoms with Crippen LogP contribution in [-0.4, -0.2) is 17.6 Å². The Hall–Kier alpha value is -1.23. The van der Waals surface area contributed by atoms with Gasteiger partial charge in [0.2, 0.25) is 5.91 Å². The second-order valence-electron chi connectivity index (χ2n) is 1.54. The number of hydroxylamine groups is 1. The molecule has 0 saturated heterocycles. The molecule has 1 rings (SSSR count). The quantitative estimate of drug-likeness (QED) is 0.486. The predicted molar refractivity (Wildman–Crippen MR) is 29.3 cm³/mol. The maximum absolute atomic E-state index is 10.2. The zero-order valence-electron chi connectivity index (χ0n) is 4.70. The minimum Gasteiger partial charge on any atom is -0.392 e. The van der Waals surface area contributed by atoms with Crippen LogP contribution in [0.2, 0.25) is 0 Å². The number of hydrogen-bond donors (Lipinski definition) is 2. The van der Waals surface area contributed by atoms with Gasteiger partial charge in [0.1, 0.15) is 12.8 Å². The van der Waals surface area contributed by atoms with E-state index in [4.69, 9.17) is 10.6 Å². The van der Waals surface area contributed by atoms with Gasteiger partial charge in [-0.05, 0) is 5.17 Å². The van der Waals surface area contributed by atoms with Gasteiger partial charge >= 0.3 is 0 Å². The number of nitrogens with one attached hydrogen (secondary N) is 1. The monoisotopic (exact) mass is 129 g/mol. The van der Waals surface area contributed by atoms with Crippen LogP contribution in [0.4, 0.5) is 0 Å². The zero-order valence-corrected chi connectivity index (χ0v) is 4.70. The highest BCUT2D eigenvalue weighted by Gasteiger charge is 2.08. The highest BCUT2D eigenvalue weighted by Crippen LogP contribution is 1.91. The SMILES string of the molecule is NC(=O)CN1NC=CO1. The lowest BCUT2D eigenvalue weighted by atomic mass is 10.6. The predicted octanol–water partition coefficient (Wildman–Crippen LogP) is -1.31. The molecule has 0 bridgehead atoms. The summed E-state index contributed by atoms with van der Waals surface area (Å²) in [6, 6.07) is 0. The molecule has 0 aromatic carbocycles. The van der Waals surface area contributed by atoms with E-state index in [2.05, 4.69) is 5.43 Å². The fraction of sp³-hybridized carbons (Fsp3) is 0.250. The molecule has 0 fully saturated rings. The van der Waals surface area contributed by atoms with Gasteiger partial charge in [-0.25, -0.2) is 0 Å². The summed E-state index contributed by atoms with van der Waals surface area (Å²) in [4.78, 5) is 14.9. The Morgan fingerprint density at radius 2 is 2.67 bits per heavy atom. The summed E-state index contributed by atoms with van der Waals surface area (Å²) in [6.45, 7) is 0.0486. The normalized spacial score (nSPS) is 16.9. The van der Waals surface area contributed by atoms with E-state index >= 15 is 0 Å². The third-order valence-electron chi connectivity index (χ3n) is 0.774. The van der Waals surface area contributed by atoms with Crippen LogP contribution in [0, 0.1) is 0 Å². The summed E-state index contributed by atoms with van der Waals surface area (Å²) in [6.07, 6.45) is 2.98. The molecule has 5 heteroatoms. The molecule has 0 radical (unpaired) electrons. The molecule has 1 amide bonds. The van der Waals surface area contributed by atoms with Crippen LogP contribution in [0.25, 0.3) is 0 Å². The van der Waals surface area contributed by atoms with Gasteiger partial charge in [0.25, 0.3) is 0 Å². The number of amides is 1. The van der Waals surface area contributed by atoms with E-state index in [0.717, 1.165) is 0 Å². The topological polar surface area (TPSA) is 67.6 Å². The number of primary amides is 1. The molecule has 0 atom stereocenters. The van der Waals surface area contributed by atoms with Crippen molar-refractivity contribution in [3.63, 3.8) is 0 Å². The van der Waals surface area contributed by atoms with Crippen molar-refractivity contribution in [2.75, 3.05) is 6.54 Å². The van der Waals surface area contributed by atoms with Crippen LogP contribution in [0.3, 0.4) is 0 Å². The molecule has 0 aliphatic carbocycles. The molecule has 0 saturated carbocycles. The van der Waals surface area contributed by atoms with Crippen LogP contribution in [0.15, 0.2) is 12.5 Å². The lowest BCUT2D eigenvalue weighted by Gasteiger charge is -2.10. The van der Waals surface area contributed by atoms with Gasteiger partial charge in [0.15, 0.2) is 0 Å². The molecule has 1 aliphatic rings. The minimum absolute atomic E-state index is 0.0486. The molecule has 0 unspecified atom stereocenters. The van der Waals surface area contributed by atoms with E-state index in [1.165, 1.54) is 11.4 Å². The van der Waals surface area contributed by atoms with E-state index in [1.807, 2.05) is 0 Å². The smallest absolute Gasteiger partial charge is 0.237 e. The molecule has 9 heavy (non-hydrogen) atoms. The lowest BCUT2D eigenvalue weighted by Crippen LogP contribution is -2.36. The second kappa shape index (κ2) is 2.36. The number of carbonyl (C=O) groups is 1. The van der Waals surface area contributed by atoms with Gasteiger partial charge in [-0.3, -0.25) is 10.2 Å². The number of hydrogen-bond acceptors (Lipinski definition) is 4. The van der Waals surface area contributed by atoms with Crippen LogP contribution in [0.5, 0.6) is 0 Å². The number of rotatable bonds is 2. The number of carbonyl (C=O) groups excluding carboxylic acids is 1. The van der Waals surface area contributed by atoms with Crippen molar-refractivity contribution in [3.8, 4) is 0 Å². The van der Waals surface area contributed by atoms with Crippen LogP contribution in [-0.2, 0) is 9.63 Å². The summed E-state index contributed by atoms with van der Waals surface area (Å²) in [7, 11) is 0. The van der Waals surface area contributed by atoms with Gasteiger partial charge < -0.3 is 10.6 Å². The number of nitrogens with zero attached hydrogens (tertiary/aromatic N) is 1. The Bertz CT molecular complexity index is 137. The Labute approximate surface area is 52.0 Å². The maximum Gasteiger partial charge on any atom is 0.237 e. The highest BCUT2D eigenvalue weighted by atomic mass is 16.7. The molecule has 3 N–H and O–H groups in total. The summed E-state index contributed by atoms with van der Waals surface area (Å²) < 4.78 is 0. The van der Waals surface area contributed by atoms with Crippen LogP contribution < -0.4 is 11.2 Å². The first-order valence-corrected chi connectivity index (χ1v) is 2.43. The lowest BCUT2D eigenvalue weighted by molar-refractivity contribution is -0.141. The Morgan fingerprint density at radius 3 is 3.11 bits per heavy atom. The van der Waals surface area contributed by atoms with Gasteiger partial charge in [0.05, 0.1) is 6.20 Å². The average Bonchev–Trinajstić information content (AvgIpc) is 2.15. The molecule has 1 aliphatic heterocycles. The Morgan fingerprint density at radius 1 is 1.89 bits per heavy atom. The third-order valence-corrected chi connectivity index (χ3v) is 0.774. The van der Waals surface area contributed by atoms with Gasteiger partial charge in [0, 0.05) is 0 Å². The minimum atomic E-state index is -0.439. The average molecular weight is 129 g/mol. The van der Waals surface area contributed by atoms with Crippen molar-refractivity contribution < 1.29 is 9.63 Å². The van der Waals surface area contributed by atoms with Gasteiger partial charge in [-0.15, -0.1) is 0 Å². The molecular weight excluding hydrogens is 122 g/mol. The van der Waals surface area contributed by atoms with Crippen molar-refractivity contribution in [3.05, 3.63) is 12.5 Å². The second-order valence-corrected chi connectivity index (χ2v) is 1.54. The summed E-state index contributed by atoms with van der Waals surface area (Å²) in [5, 5.41) is 1.22. The van der Waals surface area contributed by atoms with Gasteiger partial charge in [-0.1, -0.05) is 0 Å². The molecular formula is C4H7N3O2. The molecule has 0 spiro atoms. The highest BCUT2D eigenvalue weighted by molar-refractivity contribution is 5.75. The van der Waals surface area contributed by atoms with E-state index < -0.39 is 5.91 Å². The van der Waals surface area contributed by atoms with Crippen molar-refractivity contribution in [2.24, 2.45) is 5.73 Å². The van der Waals surface area contributed by atoms with E-state index in [9.17, 15) is 4.79 Å². The van der Waals surface area contributed by atoms with Crippen LogP contribution in [0.1, 0.15) is 0 Å². The summed E-state index contributed by atoms with van der Waals surface area (Å²) in [5.74, 6) is -0.439. The van der Waals surface area contributed by atoms with Crippen molar-refractivity contribution in [1.82, 2.24) is 10.6 Å². The number of nitrogens with two attached hydrogens (primary N) is 1. The summed E-state index contributed by atoms with van der Waals surface area (Å²) >= 11 is 0. The zero-order chi connectivity index (χ0) is 6.69. The van der Waals surface area contributed by atoms with E-state index in [0.29, 0.717) is 0 Å². The number of hydrazine groups is 1. The fourth-order valence-electron chi connectivity index (χ4n) is 0.472. The first kappa shape index (κ1) is 5.90. The standard InChI is InChI=1S/C4H7N3O2/c5-4(8)3-7-6-1-2-9-7/h1-2,6H,3H2,(H2,5,8). The van der Waals surface area contributed by atoms with Crippen molar-refractivity contribution in [2.45, 2.75) is 0 Å². The summed E-state index contributed by atoms with van der Waals surface area (Å²) in [5.41, 5.74) is 7.46. The first-order valence-electron chi connectivity index (χ1n) is 2.43. The van der Waals surface area contributed by atoms with Crippen LogP contribution >= 0.6 is 0 Å². The Kier molecular flexibility index (Phi) is 1.55. The molecule has 1 heterocycles.